The van der Waals surface area contributed by atoms with Gasteiger partial charge in [0.25, 0.3) is 0 Å². The third-order valence-electron chi connectivity index (χ3n) is 2.68. The number of carboxylic acids is 1. The van der Waals surface area contributed by atoms with E-state index in [2.05, 4.69) is 0 Å². The number of carbonyl (C=O) groups is 2. The SMILES string of the molecule is CC(O)[C@H]1C(=O)N2C=C(SCCC(=O)O)S[C@H]12. The van der Waals surface area contributed by atoms with Crippen LogP contribution < -0.4 is 0 Å². The zero-order valence-electron chi connectivity index (χ0n) is 9.20. The van der Waals surface area contributed by atoms with E-state index in [-0.39, 0.29) is 23.6 Å². The van der Waals surface area contributed by atoms with Crippen LogP contribution in [0.15, 0.2) is 10.4 Å². The van der Waals surface area contributed by atoms with Gasteiger partial charge in [0, 0.05) is 12.0 Å². The summed E-state index contributed by atoms with van der Waals surface area (Å²) in [4.78, 5) is 23.6. The molecule has 0 aliphatic carbocycles. The van der Waals surface area contributed by atoms with Crippen molar-refractivity contribution in [2.75, 3.05) is 5.75 Å². The molecule has 0 spiro atoms. The molecule has 7 heteroatoms. The van der Waals surface area contributed by atoms with Crippen LogP contribution >= 0.6 is 23.5 Å². The van der Waals surface area contributed by atoms with E-state index in [4.69, 9.17) is 5.11 Å². The minimum absolute atomic E-state index is 0.00479. The highest BCUT2D eigenvalue weighted by Crippen LogP contribution is 2.49. The Labute approximate surface area is 107 Å². The van der Waals surface area contributed by atoms with Gasteiger partial charge < -0.3 is 15.1 Å². The summed E-state index contributed by atoms with van der Waals surface area (Å²) in [5.74, 6) is -0.690. The number of carbonyl (C=O) groups excluding carboxylic acids is 1. The predicted octanol–water partition coefficient (Wildman–Crippen LogP) is 0.905. The van der Waals surface area contributed by atoms with Gasteiger partial charge >= 0.3 is 5.97 Å². The number of amides is 1. The molecule has 1 fully saturated rings. The van der Waals surface area contributed by atoms with E-state index in [9.17, 15) is 14.7 Å². The second-order valence-corrected chi connectivity index (χ2v) is 6.51. The number of thioether (sulfide) groups is 2. The molecule has 1 unspecified atom stereocenters. The summed E-state index contributed by atoms with van der Waals surface area (Å²) in [5.41, 5.74) is 0. The van der Waals surface area contributed by atoms with Crippen LogP contribution in [0.3, 0.4) is 0 Å². The van der Waals surface area contributed by atoms with Crippen LogP contribution in [-0.2, 0) is 9.59 Å². The van der Waals surface area contributed by atoms with Crippen LogP contribution in [-0.4, -0.2) is 44.2 Å². The van der Waals surface area contributed by atoms with E-state index in [0.29, 0.717) is 5.75 Å². The van der Waals surface area contributed by atoms with Crippen LogP contribution in [0.1, 0.15) is 13.3 Å². The highest BCUT2D eigenvalue weighted by Gasteiger charge is 2.52. The van der Waals surface area contributed by atoms with Crippen LogP contribution in [0.25, 0.3) is 0 Å². The quantitative estimate of drug-likeness (QED) is 0.726. The number of carboxylic acid groups (broad SMARTS) is 1. The largest absolute Gasteiger partial charge is 0.481 e. The number of hydrogen-bond acceptors (Lipinski definition) is 5. The molecule has 2 aliphatic rings. The zero-order chi connectivity index (χ0) is 12.6. The molecule has 0 saturated carbocycles. The Morgan fingerprint density at radius 2 is 2.41 bits per heavy atom. The minimum atomic E-state index is -0.817. The lowest BCUT2D eigenvalue weighted by atomic mass is 9.93. The van der Waals surface area contributed by atoms with Gasteiger partial charge in [-0.3, -0.25) is 9.59 Å². The molecular weight excluding hydrogens is 262 g/mol. The van der Waals surface area contributed by atoms with E-state index < -0.39 is 12.1 Å². The summed E-state index contributed by atoms with van der Waals surface area (Å²) in [5, 5.41) is 18.0. The molecule has 0 radical (unpaired) electrons. The number of aliphatic hydroxyl groups excluding tert-OH is 1. The molecule has 3 atom stereocenters. The highest BCUT2D eigenvalue weighted by molar-refractivity contribution is 8.22. The second-order valence-electron chi connectivity index (χ2n) is 3.96. The Kier molecular flexibility index (Phi) is 3.70. The smallest absolute Gasteiger partial charge is 0.304 e. The van der Waals surface area contributed by atoms with E-state index in [1.165, 1.54) is 23.5 Å². The third kappa shape index (κ3) is 2.46. The summed E-state index contributed by atoms with van der Waals surface area (Å²) >= 11 is 2.97. The van der Waals surface area contributed by atoms with Gasteiger partial charge in [0.15, 0.2) is 0 Å². The number of rotatable bonds is 5. The Morgan fingerprint density at radius 3 is 3.00 bits per heavy atom. The lowest BCUT2D eigenvalue weighted by Crippen LogP contribution is -2.58. The summed E-state index contributed by atoms with van der Waals surface area (Å²) in [6.07, 6.45) is 1.23. The Morgan fingerprint density at radius 1 is 1.71 bits per heavy atom. The maximum atomic E-state index is 11.6. The van der Waals surface area contributed by atoms with Gasteiger partial charge in [-0.1, -0.05) is 11.8 Å². The van der Waals surface area contributed by atoms with Crippen molar-refractivity contribution in [1.29, 1.82) is 0 Å². The van der Waals surface area contributed by atoms with Crippen LogP contribution in [0.4, 0.5) is 0 Å². The van der Waals surface area contributed by atoms with Crippen molar-refractivity contribution in [2.24, 2.45) is 5.92 Å². The number of fused-ring (bicyclic) bond motifs is 1. The first kappa shape index (κ1) is 12.8. The maximum absolute atomic E-state index is 11.6. The Hall–Kier alpha value is -0.660. The summed E-state index contributed by atoms with van der Waals surface area (Å²) in [6, 6.07) is 0. The Balaban J connectivity index is 1.86. The van der Waals surface area contributed by atoms with Gasteiger partial charge in [0.05, 0.1) is 22.7 Å². The molecular formula is C10H13NO4S2. The number of aliphatic carboxylic acids is 1. The Bertz CT molecular complexity index is 383. The predicted molar refractivity (Wildman–Crippen MR) is 66.2 cm³/mol. The van der Waals surface area contributed by atoms with E-state index in [0.717, 1.165) is 4.24 Å². The van der Waals surface area contributed by atoms with Crippen molar-refractivity contribution >= 4 is 35.4 Å². The first-order valence-electron chi connectivity index (χ1n) is 5.24. The lowest BCUT2D eigenvalue weighted by Gasteiger charge is -2.42. The van der Waals surface area contributed by atoms with Gasteiger partial charge in [0.1, 0.15) is 5.37 Å². The van der Waals surface area contributed by atoms with Crippen molar-refractivity contribution in [3.05, 3.63) is 10.4 Å². The zero-order valence-corrected chi connectivity index (χ0v) is 10.8. The molecule has 2 aliphatic heterocycles. The van der Waals surface area contributed by atoms with E-state index in [1.807, 2.05) is 0 Å². The second kappa shape index (κ2) is 4.91. The number of β-lactam (4-membered cyclic amide) rings is 1. The van der Waals surface area contributed by atoms with Gasteiger partial charge in [-0.2, -0.15) is 0 Å². The lowest BCUT2D eigenvalue weighted by molar-refractivity contribution is -0.151. The van der Waals surface area contributed by atoms with Gasteiger partial charge in [-0.15, -0.1) is 11.8 Å². The topological polar surface area (TPSA) is 77.8 Å². The van der Waals surface area contributed by atoms with Crippen molar-refractivity contribution < 1.29 is 19.8 Å². The molecule has 0 aromatic heterocycles. The molecule has 2 heterocycles. The normalized spacial score (nSPS) is 28.5. The van der Waals surface area contributed by atoms with Gasteiger partial charge in [-0.25, -0.2) is 0 Å². The van der Waals surface area contributed by atoms with E-state index >= 15 is 0 Å². The number of aliphatic hydroxyl groups is 1. The van der Waals surface area contributed by atoms with Gasteiger partial charge in [0.2, 0.25) is 5.91 Å². The fraction of sp³-hybridized carbons (Fsp3) is 0.600. The summed E-state index contributed by atoms with van der Waals surface area (Å²) in [6.45, 7) is 1.62. The van der Waals surface area contributed by atoms with Crippen LogP contribution in [0, 0.1) is 5.92 Å². The summed E-state index contributed by atoms with van der Waals surface area (Å²) < 4.78 is 0.952. The van der Waals surface area contributed by atoms with Gasteiger partial charge in [-0.05, 0) is 6.92 Å². The number of nitrogens with zero attached hydrogens (tertiary/aromatic N) is 1. The average Bonchev–Trinajstić information content (AvgIpc) is 2.56. The van der Waals surface area contributed by atoms with Crippen molar-refractivity contribution in [3.8, 4) is 0 Å². The maximum Gasteiger partial charge on any atom is 0.304 e. The molecule has 2 rings (SSSR count). The van der Waals surface area contributed by atoms with Crippen molar-refractivity contribution in [2.45, 2.75) is 24.8 Å². The number of hydrogen-bond donors (Lipinski definition) is 2. The molecule has 1 amide bonds. The fourth-order valence-electron chi connectivity index (χ4n) is 1.80. The molecule has 1 saturated heterocycles. The fourth-order valence-corrected chi connectivity index (χ4v) is 4.46. The highest BCUT2D eigenvalue weighted by atomic mass is 32.2. The van der Waals surface area contributed by atoms with E-state index in [1.54, 1.807) is 18.0 Å². The summed E-state index contributed by atoms with van der Waals surface area (Å²) in [7, 11) is 0. The molecule has 0 bridgehead atoms. The molecule has 0 aromatic rings. The first-order valence-corrected chi connectivity index (χ1v) is 7.10. The molecule has 5 nitrogen and oxygen atoms in total. The minimum Gasteiger partial charge on any atom is -0.481 e. The molecule has 94 valence electrons. The molecule has 0 aromatic carbocycles. The average molecular weight is 275 g/mol. The third-order valence-corrected chi connectivity index (χ3v) is 5.22. The van der Waals surface area contributed by atoms with Crippen LogP contribution in [0.5, 0.6) is 0 Å². The molecule has 17 heavy (non-hydrogen) atoms. The monoisotopic (exact) mass is 275 g/mol. The van der Waals surface area contributed by atoms with Crippen molar-refractivity contribution in [3.63, 3.8) is 0 Å². The standard InChI is InChI=1S/C10H13NO4S2/c1-5(12)8-9(15)11-4-7(17-10(8)11)16-3-2-6(13)14/h4-5,8,10,12H,2-3H2,1H3,(H,13,14)/t5?,8-,10+/m0/s1. The van der Waals surface area contributed by atoms with Crippen molar-refractivity contribution in [1.82, 2.24) is 4.90 Å². The van der Waals surface area contributed by atoms with Crippen LogP contribution in [0.2, 0.25) is 0 Å². The molecule has 2 N–H and O–H groups in total. The first-order chi connectivity index (χ1) is 8.00.